The summed E-state index contributed by atoms with van der Waals surface area (Å²) in [6.07, 6.45) is 0.750. The van der Waals surface area contributed by atoms with E-state index in [0.29, 0.717) is 63.7 Å². The predicted molar refractivity (Wildman–Crippen MR) is 19.2 cm³/mol. The Bertz CT molecular complexity index is 33.1. The van der Waals surface area contributed by atoms with Crippen molar-refractivity contribution < 1.29 is 5.11 Å². The Morgan fingerprint density at radius 3 is 1.80 bits per heavy atom. The summed E-state index contributed by atoms with van der Waals surface area (Å²) in [5.74, 6) is 0. The molecular weight excluding hydrogens is 210 g/mol. The number of hydrogen-bond acceptors (Lipinski definition) is 2. The molecule has 0 aliphatic heterocycles. The summed E-state index contributed by atoms with van der Waals surface area (Å²) in [5.41, 5.74) is 0. The van der Waals surface area contributed by atoms with Crippen LogP contribution in [-0.2, 0) is 0 Å². The Hall–Kier alpha value is 1.63. The molecule has 0 radical (unpaired) electrons. The van der Waals surface area contributed by atoms with Gasteiger partial charge in [0.05, 0.1) is 0 Å². The van der Waals surface area contributed by atoms with Gasteiger partial charge in [0.25, 0.3) is 6.26 Å². The van der Waals surface area contributed by atoms with Crippen LogP contribution in [0.25, 0.3) is 0 Å². The molecule has 0 aromatic carbocycles. The molecule has 0 aliphatic rings. The van der Waals surface area contributed by atoms with E-state index in [2.05, 4.69) is 0 Å². The van der Waals surface area contributed by atoms with E-state index in [1.807, 2.05) is 0 Å². The van der Waals surface area contributed by atoms with Crippen LogP contribution < -0.4 is 0 Å². The van der Waals surface area contributed by atoms with E-state index < -0.39 is 0 Å². The van der Waals surface area contributed by atoms with Crippen molar-refractivity contribution in [3.8, 4) is 6.26 Å². The van der Waals surface area contributed by atoms with E-state index in [4.69, 9.17) is 10.6 Å². The molecule has 0 aromatic rings. The van der Waals surface area contributed by atoms with E-state index in [0.717, 1.165) is 6.26 Å². The first-order chi connectivity index (χ1) is 2.41. The molecule has 4 heteroatoms. The average Bonchev–Trinajstić information content (AvgIpc) is 1.46. The molecule has 0 amide bonds. The molecule has 0 aliphatic carbocycles. The van der Waals surface area contributed by atoms with Crippen molar-refractivity contribution in [3.05, 3.63) is 0 Å². The average molecular weight is 211 g/mol. The van der Waals surface area contributed by atoms with Gasteiger partial charge in [0.2, 0.25) is 0 Å². The Labute approximate surface area is 78.1 Å². The van der Waals surface area contributed by atoms with Crippen LogP contribution in [0.15, 0.2) is 0 Å². The molecule has 0 rings (SSSR count). The van der Waals surface area contributed by atoms with Gasteiger partial charge in [0.1, 0.15) is 0 Å². The number of nitriles is 1. The number of aliphatic hydroxyl groups excluding tert-OH is 1. The number of nitrogens with zero attached hydrogens (tertiary/aromatic N) is 1. The fourth-order valence-corrected chi connectivity index (χ4v) is 0. The zero-order valence-electron chi connectivity index (χ0n) is 2.77. The van der Waals surface area contributed by atoms with Crippen LogP contribution in [0.4, 0.5) is 0 Å². The topological polar surface area (TPSA) is 44.0 Å². The maximum atomic E-state index is 6.88. The second-order valence-electron chi connectivity index (χ2n) is 0.100. The Balaban J connectivity index is 0. The van der Waals surface area contributed by atoms with Crippen LogP contribution in [0.3, 0.4) is 0 Å². The summed E-state index contributed by atoms with van der Waals surface area (Å²) < 4.78 is 4.86. The standard InChI is InChI=1S/CHNO.ClH.Cs/c2-1-3;;/h3H;1H;/q;;+1/p-1. The minimum absolute atomic E-state index is 0.361. The predicted octanol–water partition coefficient (Wildman–Crippen LogP) is 0.149. The molecule has 0 atom stereocenters. The van der Waals surface area contributed by atoms with E-state index in [-0.39, 0.29) is 0 Å². The second-order valence-corrected chi connectivity index (χ2v) is 0.100. The van der Waals surface area contributed by atoms with Crippen molar-refractivity contribution in [1.29, 1.82) is 5.26 Å². The third-order valence-corrected chi connectivity index (χ3v) is 0. The van der Waals surface area contributed by atoms with E-state index >= 15 is 0 Å². The molecule has 0 unspecified atom stereocenters. The Morgan fingerprint density at radius 2 is 1.80 bits per heavy atom. The van der Waals surface area contributed by atoms with Crippen LogP contribution in [0.5, 0.6) is 0 Å². The maximum absolute atomic E-state index is 6.88. The first-order valence-corrected chi connectivity index (χ1v) is 8.70. The van der Waals surface area contributed by atoms with Gasteiger partial charge >= 0.3 is 64.0 Å². The summed E-state index contributed by atoms with van der Waals surface area (Å²) in [4.78, 5) is 0. The number of hydrogen-bond donors (Lipinski definition) is 1. The molecule has 1 N–H and O–H groups in total. The molecule has 0 aromatic heterocycles. The van der Waals surface area contributed by atoms with Crippen LogP contribution in [0, 0.1) is 11.5 Å². The monoisotopic (exact) mass is 211 g/mol. The van der Waals surface area contributed by atoms with Crippen LogP contribution >= 0.6 is 0.278 Å². The summed E-state index contributed by atoms with van der Waals surface area (Å²) in [6, 6.07) is 0. The van der Waals surface area contributed by atoms with Crippen molar-refractivity contribution >= 4 is 64.0 Å². The van der Waals surface area contributed by atoms with Gasteiger partial charge in [-0.1, -0.05) is 0 Å². The first kappa shape index (κ1) is 9.80. The number of rotatable bonds is 0. The summed E-state index contributed by atoms with van der Waals surface area (Å²) in [7, 11) is 0. The molecule has 0 saturated carbocycles. The fourth-order valence-electron chi connectivity index (χ4n) is 0. The summed E-state index contributed by atoms with van der Waals surface area (Å²) in [6.45, 7) is 0. The molecule has 24 valence electrons. The third-order valence-electron chi connectivity index (χ3n) is 0. The van der Waals surface area contributed by atoms with Crippen molar-refractivity contribution in [2.45, 2.75) is 0 Å². The third kappa shape index (κ3) is 27.9. The van der Waals surface area contributed by atoms with Crippen molar-refractivity contribution in [2.75, 3.05) is 0 Å². The Morgan fingerprint density at radius 1 is 1.80 bits per heavy atom. The molecule has 5 heavy (non-hydrogen) atoms. The van der Waals surface area contributed by atoms with E-state index in [9.17, 15) is 0 Å². The van der Waals surface area contributed by atoms with Gasteiger partial charge in [-0.25, -0.2) is 0 Å². The molecule has 0 bridgehead atoms. The van der Waals surface area contributed by atoms with Gasteiger partial charge < -0.3 is 5.11 Å². The van der Waals surface area contributed by atoms with E-state index in [1.54, 1.807) is 0 Å². The van der Waals surface area contributed by atoms with Crippen molar-refractivity contribution in [1.82, 2.24) is 0 Å². The first-order valence-electron chi connectivity index (χ1n) is 0.825. The Kier molecular flexibility index (Phi) is 34.2. The van der Waals surface area contributed by atoms with Crippen LogP contribution in [0.2, 0.25) is 0 Å². The van der Waals surface area contributed by atoms with E-state index in [1.165, 1.54) is 0 Å². The normalized spacial score (nSPS) is 2.80. The number of halogens is 1. The SMILES string of the molecule is N#CO.[Cl][Cs]. The van der Waals surface area contributed by atoms with Crippen molar-refractivity contribution in [3.63, 3.8) is 0 Å². The van der Waals surface area contributed by atoms with Gasteiger partial charge in [0, 0.05) is 0 Å². The molecule has 0 spiro atoms. The zero-order valence-corrected chi connectivity index (χ0v) is 9.81. The molecular formula is CHClCsNO. The fraction of sp³-hybridized carbons (Fsp3) is 0. The van der Waals surface area contributed by atoms with Gasteiger partial charge in [-0.3, -0.25) is 0 Å². The van der Waals surface area contributed by atoms with Crippen LogP contribution in [0.1, 0.15) is 0 Å². The minimum atomic E-state index is 0.361. The van der Waals surface area contributed by atoms with Gasteiger partial charge in [-0.2, -0.15) is 5.26 Å². The van der Waals surface area contributed by atoms with Gasteiger partial charge in [-0.05, 0) is 0 Å². The molecule has 2 nitrogen and oxygen atoms in total. The number of aliphatic hydroxyl groups is 1. The molecule has 0 heterocycles. The zero-order chi connectivity index (χ0) is 4.71. The summed E-state index contributed by atoms with van der Waals surface area (Å²) >= 11 is 0.361. The van der Waals surface area contributed by atoms with Crippen LogP contribution in [-0.4, -0.2) is 68.9 Å². The molecule has 0 fully saturated rings. The quantitative estimate of drug-likeness (QED) is 0.580. The second kappa shape index (κ2) is 17.4. The van der Waals surface area contributed by atoms with Gasteiger partial charge in [-0.15, -0.1) is 0 Å². The molecule has 0 saturated heterocycles. The van der Waals surface area contributed by atoms with Gasteiger partial charge in [0.15, 0.2) is 0 Å². The van der Waals surface area contributed by atoms with Crippen molar-refractivity contribution in [2.24, 2.45) is 0 Å². The summed E-state index contributed by atoms with van der Waals surface area (Å²) in [5, 5.41) is 13.8.